The molecule has 0 N–H and O–H groups in total. The average Bonchev–Trinajstić information content (AvgIpc) is 3.19. The van der Waals surface area contributed by atoms with Crippen LogP contribution in [0, 0.1) is 6.92 Å². The Morgan fingerprint density at radius 2 is 1.85 bits per heavy atom. The number of aryl methyl sites for hydroxylation is 1. The summed E-state index contributed by atoms with van der Waals surface area (Å²) in [6, 6.07) is 5.78. The molecule has 0 saturated heterocycles. The van der Waals surface area contributed by atoms with E-state index in [0.717, 1.165) is 37.7 Å². The Kier molecular flexibility index (Phi) is 5.82. The van der Waals surface area contributed by atoms with Gasteiger partial charge in [0.1, 0.15) is 10.8 Å². The first-order valence-corrected chi connectivity index (χ1v) is 10.2. The van der Waals surface area contributed by atoms with Crippen molar-refractivity contribution in [3.8, 4) is 11.1 Å². The predicted molar refractivity (Wildman–Crippen MR) is 114 cm³/mol. The highest BCUT2D eigenvalue weighted by atomic mass is 35.5. The highest BCUT2D eigenvalue weighted by Gasteiger charge is 2.15. The number of nitrogens with zero attached hydrogens (tertiary/aromatic N) is 3. The van der Waals surface area contributed by atoms with E-state index in [4.69, 9.17) is 11.6 Å². The van der Waals surface area contributed by atoms with Crippen LogP contribution < -0.4 is 0 Å². The Bertz CT molecular complexity index is 1140. The maximum Gasteiger partial charge on any atom is 0.180 e. The van der Waals surface area contributed by atoms with E-state index >= 15 is 0 Å². The first-order chi connectivity index (χ1) is 13.1. The number of rotatable bonds is 3. The zero-order valence-corrected chi connectivity index (χ0v) is 17.3. The molecule has 138 valence electrons. The largest absolute Gasteiger partial charge is 0.292 e. The molecule has 0 spiro atoms. The van der Waals surface area contributed by atoms with Crippen molar-refractivity contribution in [1.29, 1.82) is 0 Å². The number of ketones is 1. The lowest BCUT2D eigenvalue weighted by Gasteiger charge is -2.10. The van der Waals surface area contributed by atoms with E-state index < -0.39 is 0 Å². The van der Waals surface area contributed by atoms with Gasteiger partial charge in [0, 0.05) is 40.7 Å². The number of thiazole rings is 1. The van der Waals surface area contributed by atoms with Crippen molar-refractivity contribution < 1.29 is 4.79 Å². The zero-order chi connectivity index (χ0) is 19.6. The molecule has 4 rings (SSSR count). The topological polar surface area (TPSA) is 55.7 Å². The summed E-state index contributed by atoms with van der Waals surface area (Å²) in [5, 5.41) is 2.52. The van der Waals surface area contributed by atoms with Crippen molar-refractivity contribution in [1.82, 2.24) is 15.0 Å². The summed E-state index contributed by atoms with van der Waals surface area (Å²) in [4.78, 5) is 25.0. The van der Waals surface area contributed by atoms with Crippen LogP contribution in [0.25, 0.3) is 32.1 Å². The molecule has 4 nitrogen and oxygen atoms in total. The van der Waals surface area contributed by atoms with Gasteiger partial charge in [0.15, 0.2) is 5.78 Å². The fraction of sp³-hybridized carbons (Fsp3) is 0.238. The molecule has 0 saturated carbocycles. The number of halogens is 1. The summed E-state index contributed by atoms with van der Waals surface area (Å²) in [6.45, 7) is 7.83. The van der Waals surface area contributed by atoms with Crippen LogP contribution in [0.3, 0.4) is 0 Å². The SMILES string of the molecule is CC.CCC(=O)c1cc(C)c(-c2cc3cnc(Cl)cc3c3scnc23)cn1. The van der Waals surface area contributed by atoms with E-state index in [9.17, 15) is 4.79 Å². The highest BCUT2D eigenvalue weighted by molar-refractivity contribution is 7.17. The first-order valence-electron chi connectivity index (χ1n) is 8.90. The van der Waals surface area contributed by atoms with Gasteiger partial charge in [0.05, 0.1) is 15.7 Å². The number of hydrogen-bond donors (Lipinski definition) is 0. The van der Waals surface area contributed by atoms with Crippen LogP contribution in [-0.2, 0) is 0 Å². The van der Waals surface area contributed by atoms with E-state index in [1.807, 2.05) is 45.3 Å². The smallest absolute Gasteiger partial charge is 0.180 e. The van der Waals surface area contributed by atoms with E-state index in [-0.39, 0.29) is 5.78 Å². The normalized spacial score (nSPS) is 10.7. The molecule has 0 fully saturated rings. The number of carbonyl (C=O) groups is 1. The van der Waals surface area contributed by atoms with E-state index in [1.165, 1.54) is 0 Å². The summed E-state index contributed by atoms with van der Waals surface area (Å²) in [6.07, 6.45) is 3.99. The number of benzene rings is 1. The van der Waals surface area contributed by atoms with Gasteiger partial charge in [-0.1, -0.05) is 32.4 Å². The second-order valence-electron chi connectivity index (χ2n) is 5.84. The number of aromatic nitrogens is 3. The molecule has 3 aromatic heterocycles. The standard InChI is InChI=1S/C19H14ClN3OS.C2H6/c1-3-16(24)15-4-10(2)14(8-21-15)13-5-11-7-22-17(20)6-12(11)19-18(13)23-9-25-19;1-2/h4-9H,3H2,1-2H3;1-2H3. The molecule has 0 aliphatic rings. The quantitative estimate of drug-likeness (QED) is 0.293. The number of fused-ring (bicyclic) bond motifs is 3. The van der Waals surface area contributed by atoms with Crippen LogP contribution in [0.2, 0.25) is 5.15 Å². The minimum Gasteiger partial charge on any atom is -0.292 e. The second kappa shape index (κ2) is 8.11. The van der Waals surface area contributed by atoms with E-state index in [2.05, 4.69) is 21.0 Å². The molecule has 0 aliphatic heterocycles. The Hall–Kier alpha value is -2.37. The maximum absolute atomic E-state index is 11.9. The third-order valence-electron chi connectivity index (χ3n) is 4.28. The molecular weight excluding hydrogens is 378 g/mol. The average molecular weight is 398 g/mol. The van der Waals surface area contributed by atoms with Crippen LogP contribution in [-0.4, -0.2) is 20.7 Å². The first kappa shape index (κ1) is 19.4. The van der Waals surface area contributed by atoms with Crippen molar-refractivity contribution in [3.05, 3.63) is 52.5 Å². The Balaban J connectivity index is 0.00000102. The van der Waals surface area contributed by atoms with Crippen LogP contribution in [0.15, 0.2) is 36.1 Å². The number of pyridine rings is 2. The molecule has 1 aromatic carbocycles. The van der Waals surface area contributed by atoms with Gasteiger partial charge in [0.25, 0.3) is 0 Å². The fourth-order valence-electron chi connectivity index (χ4n) is 2.98. The van der Waals surface area contributed by atoms with Crippen LogP contribution in [0.1, 0.15) is 43.2 Å². The second-order valence-corrected chi connectivity index (χ2v) is 7.09. The summed E-state index contributed by atoms with van der Waals surface area (Å²) in [5.74, 6) is 0.0470. The molecule has 0 unspecified atom stereocenters. The van der Waals surface area contributed by atoms with Crippen molar-refractivity contribution in [2.24, 2.45) is 0 Å². The molecule has 0 bridgehead atoms. The van der Waals surface area contributed by atoms with Gasteiger partial charge in [-0.05, 0) is 30.7 Å². The molecule has 6 heteroatoms. The van der Waals surface area contributed by atoms with Crippen molar-refractivity contribution >= 4 is 49.7 Å². The number of hydrogen-bond acceptors (Lipinski definition) is 5. The van der Waals surface area contributed by atoms with E-state index in [0.29, 0.717) is 17.3 Å². The molecule has 0 atom stereocenters. The summed E-state index contributed by atoms with van der Waals surface area (Å²) >= 11 is 7.64. The summed E-state index contributed by atoms with van der Waals surface area (Å²) < 4.78 is 1.07. The third-order valence-corrected chi connectivity index (χ3v) is 5.34. The van der Waals surface area contributed by atoms with Crippen molar-refractivity contribution in [2.45, 2.75) is 34.1 Å². The van der Waals surface area contributed by atoms with Crippen molar-refractivity contribution in [2.75, 3.05) is 0 Å². The van der Waals surface area contributed by atoms with Gasteiger partial charge >= 0.3 is 0 Å². The van der Waals surface area contributed by atoms with Gasteiger partial charge in [-0.25, -0.2) is 9.97 Å². The lowest BCUT2D eigenvalue weighted by atomic mass is 9.98. The number of carbonyl (C=O) groups excluding carboxylic acids is 1. The van der Waals surface area contributed by atoms with Gasteiger partial charge < -0.3 is 0 Å². The molecular formula is C21H20ClN3OS. The minimum absolute atomic E-state index is 0.0470. The summed E-state index contributed by atoms with van der Waals surface area (Å²) in [7, 11) is 0. The monoisotopic (exact) mass is 397 g/mol. The van der Waals surface area contributed by atoms with Gasteiger partial charge in [-0.2, -0.15) is 0 Å². The van der Waals surface area contributed by atoms with Gasteiger partial charge in [-0.3, -0.25) is 9.78 Å². The Morgan fingerprint density at radius 1 is 1.07 bits per heavy atom. The molecule has 0 amide bonds. The molecule has 0 aliphatic carbocycles. The highest BCUT2D eigenvalue weighted by Crippen LogP contribution is 2.37. The fourth-order valence-corrected chi connectivity index (χ4v) is 3.98. The number of Topliss-reactive ketones (excluding diaryl/α,β-unsaturated/α-hetero) is 1. The van der Waals surface area contributed by atoms with Crippen LogP contribution >= 0.6 is 22.9 Å². The predicted octanol–water partition coefficient (Wildman–Crippen LogP) is 6.49. The van der Waals surface area contributed by atoms with Crippen molar-refractivity contribution in [3.63, 3.8) is 0 Å². The Morgan fingerprint density at radius 3 is 2.56 bits per heavy atom. The van der Waals surface area contributed by atoms with E-state index in [1.54, 1.807) is 23.7 Å². The maximum atomic E-state index is 11.9. The Labute approximate surface area is 167 Å². The zero-order valence-electron chi connectivity index (χ0n) is 15.7. The minimum atomic E-state index is 0.0470. The lowest BCUT2D eigenvalue weighted by molar-refractivity contribution is 0.0983. The van der Waals surface area contributed by atoms with Gasteiger partial charge in [-0.15, -0.1) is 11.3 Å². The van der Waals surface area contributed by atoms with Gasteiger partial charge in [0.2, 0.25) is 0 Å². The van der Waals surface area contributed by atoms with Crippen LogP contribution in [0.5, 0.6) is 0 Å². The summed E-state index contributed by atoms with van der Waals surface area (Å²) in [5.41, 5.74) is 6.22. The third kappa shape index (κ3) is 3.57. The molecule has 3 heterocycles. The van der Waals surface area contributed by atoms with Crippen LogP contribution in [0.4, 0.5) is 0 Å². The lowest BCUT2D eigenvalue weighted by Crippen LogP contribution is -2.01. The molecule has 0 radical (unpaired) electrons. The molecule has 27 heavy (non-hydrogen) atoms. The molecule has 4 aromatic rings.